The summed E-state index contributed by atoms with van der Waals surface area (Å²) in [7, 11) is 0. The summed E-state index contributed by atoms with van der Waals surface area (Å²) in [6, 6.07) is 16.8. The second-order valence-corrected chi connectivity index (χ2v) is 6.31. The number of rotatable bonds is 4. The topological polar surface area (TPSA) is 42.2 Å². The molecule has 0 unspecified atom stereocenters. The molecule has 2 aromatic heterocycles. The molecule has 0 amide bonds. The number of likely N-dealkylation sites (tertiary alicyclic amines) is 1. The van der Waals surface area contributed by atoms with Crippen LogP contribution in [0, 0.1) is 0 Å². The van der Waals surface area contributed by atoms with Crippen molar-refractivity contribution in [3.8, 4) is 11.3 Å². The maximum atomic E-state index is 5.60. The average molecular weight is 319 g/mol. The van der Waals surface area contributed by atoms with Gasteiger partial charge in [0, 0.05) is 30.1 Å². The molecular weight excluding hydrogens is 298 g/mol. The van der Waals surface area contributed by atoms with Gasteiger partial charge in [-0.05, 0) is 31.0 Å². The fourth-order valence-electron chi connectivity index (χ4n) is 3.46. The van der Waals surface area contributed by atoms with Gasteiger partial charge in [-0.3, -0.25) is 9.88 Å². The van der Waals surface area contributed by atoms with E-state index in [0.717, 1.165) is 30.1 Å². The number of hydrogen-bond donors (Lipinski definition) is 0. The molecule has 0 aliphatic carbocycles. The first-order valence-corrected chi connectivity index (χ1v) is 8.55. The zero-order valence-corrected chi connectivity index (χ0v) is 13.6. The summed E-state index contributed by atoms with van der Waals surface area (Å²) in [5.41, 5.74) is 3.29. The van der Waals surface area contributed by atoms with Crippen LogP contribution in [0.3, 0.4) is 0 Å². The van der Waals surface area contributed by atoms with Crippen molar-refractivity contribution in [3.63, 3.8) is 0 Å². The van der Waals surface area contributed by atoms with E-state index in [1.54, 1.807) is 0 Å². The maximum absolute atomic E-state index is 5.60. The minimum atomic E-state index is 0.415. The highest BCUT2D eigenvalue weighted by Gasteiger charge is 2.25. The van der Waals surface area contributed by atoms with Gasteiger partial charge in [0.25, 0.3) is 0 Å². The van der Waals surface area contributed by atoms with Gasteiger partial charge >= 0.3 is 0 Å². The minimum Gasteiger partial charge on any atom is -0.359 e. The summed E-state index contributed by atoms with van der Waals surface area (Å²) < 4.78 is 5.60. The van der Waals surface area contributed by atoms with E-state index >= 15 is 0 Å². The fraction of sp³-hybridized carbons (Fsp3) is 0.300. The van der Waals surface area contributed by atoms with Crippen molar-refractivity contribution in [2.45, 2.75) is 31.8 Å². The van der Waals surface area contributed by atoms with Crippen molar-refractivity contribution in [1.29, 1.82) is 0 Å². The maximum Gasteiger partial charge on any atom is 0.151 e. The van der Waals surface area contributed by atoms with Crippen molar-refractivity contribution < 1.29 is 4.52 Å². The van der Waals surface area contributed by atoms with Gasteiger partial charge < -0.3 is 4.52 Å². The molecule has 0 spiro atoms. The Labute approximate surface area is 142 Å². The van der Waals surface area contributed by atoms with E-state index in [9.17, 15) is 0 Å². The molecule has 0 radical (unpaired) electrons. The van der Waals surface area contributed by atoms with E-state index in [0.29, 0.717) is 6.04 Å². The van der Waals surface area contributed by atoms with Crippen molar-refractivity contribution in [1.82, 2.24) is 15.0 Å². The lowest BCUT2D eigenvalue weighted by Crippen LogP contribution is -2.32. The normalized spacial score (nSPS) is 18.6. The Morgan fingerprint density at radius 1 is 1.08 bits per heavy atom. The van der Waals surface area contributed by atoms with E-state index in [2.05, 4.69) is 39.3 Å². The third-order valence-corrected chi connectivity index (χ3v) is 4.67. The van der Waals surface area contributed by atoms with Gasteiger partial charge in [-0.2, -0.15) is 0 Å². The SMILES string of the molecule is c1ccc(-c2cc(CN3CCCC[C@@H]3c3cccnc3)on2)cc1. The zero-order valence-electron chi connectivity index (χ0n) is 13.6. The molecular formula is C20H21N3O. The molecule has 1 atom stereocenters. The molecule has 4 nitrogen and oxygen atoms in total. The van der Waals surface area contributed by atoms with Crippen LogP contribution in [-0.2, 0) is 6.54 Å². The highest BCUT2D eigenvalue weighted by molar-refractivity contribution is 5.58. The van der Waals surface area contributed by atoms with Crippen LogP contribution in [0.5, 0.6) is 0 Å². The van der Waals surface area contributed by atoms with Gasteiger partial charge in [-0.15, -0.1) is 0 Å². The van der Waals surface area contributed by atoms with Gasteiger partial charge in [0.2, 0.25) is 0 Å². The van der Waals surface area contributed by atoms with Crippen LogP contribution in [0.4, 0.5) is 0 Å². The molecule has 1 aliphatic rings. The van der Waals surface area contributed by atoms with Crippen LogP contribution in [0.15, 0.2) is 65.4 Å². The molecule has 1 fully saturated rings. The van der Waals surface area contributed by atoms with Crippen molar-refractivity contribution in [2.24, 2.45) is 0 Å². The Hall–Kier alpha value is -2.46. The Morgan fingerprint density at radius 2 is 2.00 bits per heavy atom. The van der Waals surface area contributed by atoms with E-state index < -0.39 is 0 Å². The van der Waals surface area contributed by atoms with Crippen molar-refractivity contribution in [2.75, 3.05) is 6.54 Å². The van der Waals surface area contributed by atoms with E-state index in [1.807, 2.05) is 36.7 Å². The van der Waals surface area contributed by atoms with Crippen molar-refractivity contribution in [3.05, 3.63) is 72.2 Å². The standard InChI is InChI=1S/C20H21N3O/c1-2-7-16(8-3-1)19-13-18(24-22-19)15-23-12-5-4-10-20(23)17-9-6-11-21-14-17/h1-3,6-9,11,13-14,20H,4-5,10,12,15H2/t20-/m1/s1. The summed E-state index contributed by atoms with van der Waals surface area (Å²) in [4.78, 5) is 6.76. The quantitative estimate of drug-likeness (QED) is 0.712. The molecule has 4 heteroatoms. The Bertz CT molecular complexity index is 770. The number of hydrogen-bond acceptors (Lipinski definition) is 4. The monoisotopic (exact) mass is 319 g/mol. The summed E-state index contributed by atoms with van der Waals surface area (Å²) in [6.07, 6.45) is 7.49. The van der Waals surface area contributed by atoms with Crippen LogP contribution in [-0.4, -0.2) is 21.6 Å². The second kappa shape index (κ2) is 6.97. The van der Waals surface area contributed by atoms with Crippen LogP contribution in [0.1, 0.15) is 36.6 Å². The molecule has 3 aromatic rings. The largest absolute Gasteiger partial charge is 0.359 e. The molecule has 0 saturated carbocycles. The lowest BCUT2D eigenvalue weighted by Gasteiger charge is -2.35. The van der Waals surface area contributed by atoms with Crippen LogP contribution < -0.4 is 0 Å². The minimum absolute atomic E-state index is 0.415. The molecule has 122 valence electrons. The molecule has 1 saturated heterocycles. The zero-order chi connectivity index (χ0) is 16.2. The van der Waals surface area contributed by atoms with Crippen LogP contribution in [0.2, 0.25) is 0 Å². The molecule has 1 aromatic carbocycles. The van der Waals surface area contributed by atoms with Gasteiger partial charge in [0.1, 0.15) is 5.69 Å². The number of pyridine rings is 1. The fourth-order valence-corrected chi connectivity index (χ4v) is 3.46. The lowest BCUT2D eigenvalue weighted by atomic mass is 9.96. The van der Waals surface area contributed by atoms with E-state index in [1.165, 1.54) is 24.8 Å². The third kappa shape index (κ3) is 3.24. The first kappa shape index (κ1) is 15.1. The molecule has 4 rings (SSSR count). The second-order valence-electron chi connectivity index (χ2n) is 6.31. The predicted octanol–water partition coefficient (Wildman–Crippen LogP) is 4.46. The summed E-state index contributed by atoms with van der Waals surface area (Å²) in [5.74, 6) is 0.921. The van der Waals surface area contributed by atoms with Crippen LogP contribution in [0.25, 0.3) is 11.3 Å². The Morgan fingerprint density at radius 3 is 2.83 bits per heavy atom. The van der Waals surface area contributed by atoms with Crippen LogP contribution >= 0.6 is 0 Å². The summed E-state index contributed by atoms with van der Waals surface area (Å²) >= 11 is 0. The number of benzene rings is 1. The molecule has 0 bridgehead atoms. The molecule has 1 aliphatic heterocycles. The van der Waals surface area contributed by atoms with Gasteiger partial charge in [0.15, 0.2) is 5.76 Å². The van der Waals surface area contributed by atoms with Gasteiger partial charge in [-0.1, -0.05) is 48.0 Å². The summed E-state index contributed by atoms with van der Waals surface area (Å²) in [6.45, 7) is 1.88. The summed E-state index contributed by atoms with van der Waals surface area (Å²) in [5, 5.41) is 4.24. The predicted molar refractivity (Wildman–Crippen MR) is 93.2 cm³/mol. The molecule has 0 N–H and O–H groups in total. The van der Waals surface area contributed by atoms with Gasteiger partial charge in [0.05, 0.1) is 6.54 Å². The van der Waals surface area contributed by atoms with Crippen molar-refractivity contribution >= 4 is 0 Å². The van der Waals surface area contributed by atoms with E-state index in [-0.39, 0.29) is 0 Å². The number of piperidine rings is 1. The Kier molecular flexibility index (Phi) is 4.38. The highest BCUT2D eigenvalue weighted by Crippen LogP contribution is 2.32. The van der Waals surface area contributed by atoms with Gasteiger partial charge in [-0.25, -0.2) is 0 Å². The number of nitrogens with zero attached hydrogens (tertiary/aromatic N) is 3. The Balaban J connectivity index is 1.52. The number of aromatic nitrogens is 2. The molecule has 3 heterocycles. The highest BCUT2D eigenvalue weighted by atomic mass is 16.5. The lowest BCUT2D eigenvalue weighted by molar-refractivity contribution is 0.126. The first-order valence-electron chi connectivity index (χ1n) is 8.55. The smallest absolute Gasteiger partial charge is 0.151 e. The third-order valence-electron chi connectivity index (χ3n) is 4.67. The average Bonchev–Trinajstić information content (AvgIpc) is 3.12. The van der Waals surface area contributed by atoms with E-state index in [4.69, 9.17) is 4.52 Å². The first-order chi connectivity index (χ1) is 11.9. The molecule has 24 heavy (non-hydrogen) atoms.